The van der Waals surface area contributed by atoms with Crippen LogP contribution in [0.25, 0.3) is 0 Å². The second-order valence-electron chi connectivity index (χ2n) is 4.18. The molecule has 0 radical (unpaired) electrons. The lowest BCUT2D eigenvalue weighted by molar-refractivity contribution is 0.193. The minimum atomic E-state index is 0.510. The Morgan fingerprint density at radius 2 is 2.25 bits per heavy atom. The van der Waals surface area contributed by atoms with Crippen LogP contribution in [0.1, 0.15) is 31.9 Å². The van der Waals surface area contributed by atoms with Crippen LogP contribution in [-0.4, -0.2) is 31.3 Å². The third-order valence-corrected chi connectivity index (χ3v) is 2.26. The summed E-state index contributed by atoms with van der Waals surface area (Å²) in [6.45, 7) is 5.94. The predicted octanol–water partition coefficient (Wildman–Crippen LogP) is 1.79. The van der Waals surface area contributed by atoms with Crippen molar-refractivity contribution in [3.63, 3.8) is 0 Å². The molecule has 0 saturated carbocycles. The van der Waals surface area contributed by atoms with Gasteiger partial charge < -0.3 is 14.5 Å². The van der Waals surface area contributed by atoms with E-state index in [-0.39, 0.29) is 0 Å². The van der Waals surface area contributed by atoms with Crippen molar-refractivity contribution >= 4 is 0 Å². The molecule has 0 unspecified atom stereocenters. The van der Waals surface area contributed by atoms with Crippen molar-refractivity contribution in [3.05, 3.63) is 17.8 Å². The van der Waals surface area contributed by atoms with Crippen molar-refractivity contribution in [1.82, 2.24) is 10.3 Å². The van der Waals surface area contributed by atoms with Crippen molar-refractivity contribution in [3.8, 4) is 0 Å². The number of nitrogens with one attached hydrogen (secondary N) is 1. The summed E-state index contributed by atoms with van der Waals surface area (Å²) >= 11 is 0. The standard InChI is InChI=1S/C12H22N2O2/c1-10(2)13-7-6-12-14-9-11(16-12)5-4-8-15-3/h9-10,13H,4-8H2,1-3H3. The van der Waals surface area contributed by atoms with E-state index in [4.69, 9.17) is 9.15 Å². The van der Waals surface area contributed by atoms with Gasteiger partial charge in [-0.05, 0) is 6.42 Å². The largest absolute Gasteiger partial charge is 0.446 e. The highest BCUT2D eigenvalue weighted by atomic mass is 16.5. The topological polar surface area (TPSA) is 47.3 Å². The van der Waals surface area contributed by atoms with Gasteiger partial charge in [0.15, 0.2) is 5.89 Å². The molecular weight excluding hydrogens is 204 g/mol. The molecule has 0 fully saturated rings. The minimum absolute atomic E-state index is 0.510. The zero-order valence-corrected chi connectivity index (χ0v) is 10.5. The molecule has 0 aliphatic rings. The summed E-state index contributed by atoms with van der Waals surface area (Å²) in [7, 11) is 1.71. The van der Waals surface area contributed by atoms with Crippen molar-refractivity contribution in [2.24, 2.45) is 0 Å². The average molecular weight is 226 g/mol. The first-order chi connectivity index (χ1) is 7.72. The molecule has 0 aromatic carbocycles. The van der Waals surface area contributed by atoms with E-state index >= 15 is 0 Å². The molecule has 0 spiro atoms. The number of aryl methyl sites for hydroxylation is 1. The molecule has 0 bridgehead atoms. The third-order valence-electron chi connectivity index (χ3n) is 2.26. The molecule has 16 heavy (non-hydrogen) atoms. The van der Waals surface area contributed by atoms with Gasteiger partial charge in [0, 0.05) is 39.1 Å². The van der Waals surface area contributed by atoms with E-state index in [9.17, 15) is 0 Å². The summed E-state index contributed by atoms with van der Waals surface area (Å²) in [5, 5.41) is 3.34. The lowest BCUT2D eigenvalue weighted by atomic mass is 10.3. The maximum Gasteiger partial charge on any atom is 0.195 e. The van der Waals surface area contributed by atoms with Crippen LogP contribution in [0.4, 0.5) is 0 Å². The fourth-order valence-electron chi connectivity index (χ4n) is 1.44. The van der Waals surface area contributed by atoms with E-state index in [1.165, 1.54) is 0 Å². The summed E-state index contributed by atoms with van der Waals surface area (Å²) in [5.41, 5.74) is 0. The zero-order chi connectivity index (χ0) is 11.8. The number of methoxy groups -OCH3 is 1. The van der Waals surface area contributed by atoms with Crippen molar-refractivity contribution in [2.75, 3.05) is 20.3 Å². The number of rotatable bonds is 8. The molecule has 0 saturated heterocycles. The van der Waals surface area contributed by atoms with Crippen LogP contribution >= 0.6 is 0 Å². The van der Waals surface area contributed by atoms with Gasteiger partial charge in [0.1, 0.15) is 5.76 Å². The second-order valence-corrected chi connectivity index (χ2v) is 4.18. The van der Waals surface area contributed by atoms with E-state index in [0.29, 0.717) is 6.04 Å². The summed E-state index contributed by atoms with van der Waals surface area (Å²) < 4.78 is 10.6. The molecule has 0 aliphatic carbocycles. The maximum absolute atomic E-state index is 5.61. The van der Waals surface area contributed by atoms with Gasteiger partial charge in [-0.1, -0.05) is 13.8 Å². The molecule has 1 rings (SSSR count). The number of ether oxygens (including phenoxy) is 1. The van der Waals surface area contributed by atoms with E-state index < -0.39 is 0 Å². The Balaban J connectivity index is 2.22. The number of nitrogens with zero attached hydrogens (tertiary/aromatic N) is 1. The predicted molar refractivity (Wildman–Crippen MR) is 63.5 cm³/mol. The Kier molecular flexibility index (Phi) is 6.11. The molecule has 1 N–H and O–H groups in total. The van der Waals surface area contributed by atoms with Gasteiger partial charge in [-0.15, -0.1) is 0 Å². The number of oxazole rings is 1. The Bertz CT molecular complexity index is 284. The van der Waals surface area contributed by atoms with Crippen LogP contribution in [-0.2, 0) is 17.6 Å². The summed E-state index contributed by atoms with van der Waals surface area (Å²) in [6.07, 6.45) is 4.55. The number of hydrogen-bond acceptors (Lipinski definition) is 4. The zero-order valence-electron chi connectivity index (χ0n) is 10.5. The Morgan fingerprint density at radius 1 is 1.44 bits per heavy atom. The molecule has 92 valence electrons. The van der Waals surface area contributed by atoms with Gasteiger partial charge in [-0.25, -0.2) is 4.98 Å². The van der Waals surface area contributed by atoms with Gasteiger partial charge in [0.25, 0.3) is 0 Å². The van der Waals surface area contributed by atoms with E-state index in [0.717, 1.165) is 44.1 Å². The Hall–Kier alpha value is -0.870. The third kappa shape index (κ3) is 5.28. The minimum Gasteiger partial charge on any atom is -0.446 e. The van der Waals surface area contributed by atoms with Gasteiger partial charge in [0.05, 0.1) is 6.20 Å². The molecule has 0 aliphatic heterocycles. The summed E-state index contributed by atoms with van der Waals surface area (Å²) in [6, 6.07) is 0.510. The van der Waals surface area contributed by atoms with E-state index in [1.54, 1.807) is 7.11 Å². The first-order valence-electron chi connectivity index (χ1n) is 5.88. The highest BCUT2D eigenvalue weighted by Gasteiger charge is 2.03. The van der Waals surface area contributed by atoms with E-state index in [1.807, 2.05) is 6.20 Å². The van der Waals surface area contributed by atoms with Gasteiger partial charge in [-0.2, -0.15) is 0 Å². The first kappa shape index (κ1) is 13.2. The molecule has 4 heteroatoms. The lowest BCUT2D eigenvalue weighted by Crippen LogP contribution is -2.24. The van der Waals surface area contributed by atoms with Crippen molar-refractivity contribution in [2.45, 2.75) is 39.2 Å². The SMILES string of the molecule is COCCCc1cnc(CCNC(C)C)o1. The second kappa shape index (κ2) is 7.41. The van der Waals surface area contributed by atoms with Crippen molar-refractivity contribution < 1.29 is 9.15 Å². The van der Waals surface area contributed by atoms with Crippen LogP contribution in [0.5, 0.6) is 0 Å². The molecule has 1 aromatic heterocycles. The smallest absolute Gasteiger partial charge is 0.195 e. The molecule has 1 aromatic rings. The number of hydrogen-bond donors (Lipinski definition) is 1. The Morgan fingerprint density at radius 3 is 2.94 bits per heavy atom. The molecule has 0 atom stereocenters. The average Bonchev–Trinajstić information content (AvgIpc) is 2.66. The normalized spacial score (nSPS) is 11.2. The molecule has 4 nitrogen and oxygen atoms in total. The van der Waals surface area contributed by atoms with Crippen LogP contribution in [0.3, 0.4) is 0 Å². The number of aromatic nitrogens is 1. The molecule has 1 heterocycles. The molecular formula is C12H22N2O2. The quantitative estimate of drug-likeness (QED) is 0.687. The first-order valence-corrected chi connectivity index (χ1v) is 5.88. The van der Waals surface area contributed by atoms with Crippen LogP contribution in [0.15, 0.2) is 10.6 Å². The summed E-state index contributed by atoms with van der Waals surface area (Å²) in [4.78, 5) is 4.24. The van der Waals surface area contributed by atoms with Gasteiger partial charge in [0.2, 0.25) is 0 Å². The monoisotopic (exact) mass is 226 g/mol. The fourth-order valence-corrected chi connectivity index (χ4v) is 1.44. The van der Waals surface area contributed by atoms with Crippen LogP contribution < -0.4 is 5.32 Å². The lowest BCUT2D eigenvalue weighted by Gasteiger charge is -2.05. The van der Waals surface area contributed by atoms with Gasteiger partial charge in [-0.3, -0.25) is 0 Å². The van der Waals surface area contributed by atoms with Crippen LogP contribution in [0.2, 0.25) is 0 Å². The van der Waals surface area contributed by atoms with E-state index in [2.05, 4.69) is 24.1 Å². The fraction of sp³-hybridized carbons (Fsp3) is 0.750. The van der Waals surface area contributed by atoms with Crippen molar-refractivity contribution in [1.29, 1.82) is 0 Å². The maximum atomic E-state index is 5.61. The summed E-state index contributed by atoms with van der Waals surface area (Å²) in [5.74, 6) is 1.78. The molecule has 0 amide bonds. The Labute approximate surface area is 97.4 Å². The highest BCUT2D eigenvalue weighted by Crippen LogP contribution is 2.06. The van der Waals surface area contributed by atoms with Crippen LogP contribution in [0, 0.1) is 0 Å². The highest BCUT2D eigenvalue weighted by molar-refractivity contribution is 4.94. The van der Waals surface area contributed by atoms with Gasteiger partial charge >= 0.3 is 0 Å².